The van der Waals surface area contributed by atoms with Crippen LogP contribution in [0.4, 0.5) is 5.69 Å². The van der Waals surface area contributed by atoms with Crippen LogP contribution >= 0.6 is 0 Å². The Hall–Kier alpha value is -2.02. The van der Waals surface area contributed by atoms with Gasteiger partial charge in [0.1, 0.15) is 11.2 Å². The summed E-state index contributed by atoms with van der Waals surface area (Å²) in [7, 11) is 0. The second kappa shape index (κ2) is 6.06. The highest BCUT2D eigenvalue weighted by Crippen LogP contribution is 2.27. The van der Waals surface area contributed by atoms with Crippen molar-refractivity contribution in [2.45, 2.75) is 27.2 Å². The number of nitriles is 1. The molecule has 0 saturated heterocycles. The molecule has 18 heavy (non-hydrogen) atoms. The molecule has 0 bridgehead atoms. The molecule has 0 heterocycles. The number of hydrogen-bond acceptors (Lipinski definition) is 3. The third-order valence-corrected chi connectivity index (χ3v) is 2.89. The second-order valence-electron chi connectivity index (χ2n) is 4.18. The lowest BCUT2D eigenvalue weighted by molar-refractivity contribution is -0.122. The number of carbonyl (C=O) groups excluding carboxylic acids is 1. The number of amides is 1. The second-order valence-corrected chi connectivity index (χ2v) is 4.18. The van der Waals surface area contributed by atoms with E-state index in [1.807, 2.05) is 32.0 Å². The van der Waals surface area contributed by atoms with Gasteiger partial charge in [-0.25, -0.2) is 0 Å². The fourth-order valence-corrected chi connectivity index (χ4v) is 1.40. The number of hydrogen-bond donors (Lipinski definition) is 1. The number of nitrogens with one attached hydrogen (secondary N) is 1. The van der Waals surface area contributed by atoms with Gasteiger partial charge in [0.05, 0.1) is 18.4 Å². The minimum atomic E-state index is -1.01. The Labute approximate surface area is 108 Å². The summed E-state index contributed by atoms with van der Waals surface area (Å²) in [5.41, 5.74) is -0.418. The average molecular weight is 246 g/mol. The summed E-state index contributed by atoms with van der Waals surface area (Å²) >= 11 is 0. The molecule has 0 spiro atoms. The van der Waals surface area contributed by atoms with Crippen LogP contribution in [0, 0.1) is 16.7 Å². The molecular formula is C14H18N2O2. The smallest absolute Gasteiger partial charge is 0.244 e. The van der Waals surface area contributed by atoms with Crippen LogP contribution in [-0.4, -0.2) is 12.5 Å². The van der Waals surface area contributed by atoms with Gasteiger partial charge in [-0.2, -0.15) is 5.26 Å². The normalized spacial score (nSPS) is 13.2. The van der Waals surface area contributed by atoms with Gasteiger partial charge in [-0.3, -0.25) is 4.79 Å². The Morgan fingerprint density at radius 1 is 1.44 bits per heavy atom. The molecule has 0 radical (unpaired) electrons. The first kappa shape index (κ1) is 14.0. The van der Waals surface area contributed by atoms with E-state index in [2.05, 4.69) is 5.32 Å². The van der Waals surface area contributed by atoms with E-state index in [0.29, 0.717) is 24.5 Å². The number of para-hydroxylation sites is 2. The standard InChI is InChI=1S/C14H18N2O2/c1-4-14(3,10-15)13(17)16-11-8-6-7-9-12(11)18-5-2/h6-9H,4-5H2,1-3H3,(H,16,17). The molecule has 1 atom stereocenters. The number of benzene rings is 1. The molecule has 1 unspecified atom stereocenters. The molecule has 96 valence electrons. The first-order valence-corrected chi connectivity index (χ1v) is 6.02. The van der Waals surface area contributed by atoms with Crippen LogP contribution in [-0.2, 0) is 4.79 Å². The minimum absolute atomic E-state index is 0.306. The molecule has 1 N–H and O–H groups in total. The monoisotopic (exact) mass is 246 g/mol. The van der Waals surface area contributed by atoms with E-state index in [-0.39, 0.29) is 5.91 Å². The lowest BCUT2D eigenvalue weighted by Crippen LogP contribution is -2.31. The van der Waals surface area contributed by atoms with Crippen molar-refractivity contribution in [3.63, 3.8) is 0 Å². The predicted octanol–water partition coefficient (Wildman–Crippen LogP) is 2.96. The van der Waals surface area contributed by atoms with Crippen LogP contribution in [0.15, 0.2) is 24.3 Å². The van der Waals surface area contributed by atoms with E-state index < -0.39 is 5.41 Å². The van der Waals surface area contributed by atoms with E-state index in [4.69, 9.17) is 10.00 Å². The summed E-state index contributed by atoms with van der Waals surface area (Å²) in [6.07, 6.45) is 0.464. The van der Waals surface area contributed by atoms with Crippen molar-refractivity contribution in [3.05, 3.63) is 24.3 Å². The first-order chi connectivity index (χ1) is 8.57. The molecule has 0 fully saturated rings. The van der Waals surface area contributed by atoms with Gasteiger partial charge in [0.2, 0.25) is 5.91 Å². The maximum absolute atomic E-state index is 12.1. The number of nitrogens with zero attached hydrogens (tertiary/aromatic N) is 1. The van der Waals surface area contributed by atoms with Crippen LogP contribution in [0.1, 0.15) is 27.2 Å². The molecule has 0 aliphatic carbocycles. The van der Waals surface area contributed by atoms with Gasteiger partial charge in [0, 0.05) is 0 Å². The Morgan fingerprint density at radius 3 is 2.67 bits per heavy atom. The van der Waals surface area contributed by atoms with Crippen molar-refractivity contribution in [1.82, 2.24) is 0 Å². The van der Waals surface area contributed by atoms with E-state index in [1.54, 1.807) is 19.1 Å². The molecule has 0 aliphatic heterocycles. The Bertz CT molecular complexity index is 465. The highest BCUT2D eigenvalue weighted by Gasteiger charge is 2.31. The Balaban J connectivity index is 2.92. The Morgan fingerprint density at radius 2 is 2.11 bits per heavy atom. The van der Waals surface area contributed by atoms with Gasteiger partial charge in [0.15, 0.2) is 0 Å². The summed E-state index contributed by atoms with van der Waals surface area (Å²) in [4.78, 5) is 12.1. The number of rotatable bonds is 5. The third kappa shape index (κ3) is 3.01. The summed E-state index contributed by atoms with van der Waals surface area (Å²) in [6.45, 7) is 5.85. The molecule has 1 aromatic rings. The lowest BCUT2D eigenvalue weighted by atomic mass is 9.88. The van der Waals surface area contributed by atoms with E-state index in [9.17, 15) is 4.79 Å². The molecular weight excluding hydrogens is 228 g/mol. The average Bonchev–Trinajstić information content (AvgIpc) is 2.40. The minimum Gasteiger partial charge on any atom is -0.492 e. The molecule has 4 nitrogen and oxygen atoms in total. The SMILES string of the molecule is CCOc1ccccc1NC(=O)C(C)(C#N)CC. The van der Waals surface area contributed by atoms with Crippen molar-refractivity contribution in [3.8, 4) is 11.8 Å². The van der Waals surface area contributed by atoms with Crippen LogP contribution in [0.25, 0.3) is 0 Å². The van der Waals surface area contributed by atoms with Gasteiger partial charge in [0.25, 0.3) is 0 Å². The molecule has 0 aromatic heterocycles. The Kier molecular flexibility index (Phi) is 4.73. The van der Waals surface area contributed by atoms with Crippen LogP contribution < -0.4 is 10.1 Å². The summed E-state index contributed by atoms with van der Waals surface area (Å²) in [5, 5.41) is 11.8. The summed E-state index contributed by atoms with van der Waals surface area (Å²) in [5.74, 6) is 0.310. The maximum atomic E-state index is 12.1. The highest BCUT2D eigenvalue weighted by molar-refractivity contribution is 5.97. The van der Waals surface area contributed by atoms with Crippen molar-refractivity contribution >= 4 is 11.6 Å². The fourth-order valence-electron chi connectivity index (χ4n) is 1.40. The van der Waals surface area contributed by atoms with E-state index in [1.165, 1.54) is 0 Å². The van der Waals surface area contributed by atoms with Crippen molar-refractivity contribution in [2.24, 2.45) is 5.41 Å². The summed E-state index contributed by atoms with van der Waals surface area (Å²) in [6, 6.07) is 9.24. The summed E-state index contributed by atoms with van der Waals surface area (Å²) < 4.78 is 5.42. The number of ether oxygens (including phenoxy) is 1. The topological polar surface area (TPSA) is 62.1 Å². The van der Waals surface area contributed by atoms with Gasteiger partial charge in [-0.05, 0) is 32.4 Å². The zero-order valence-corrected chi connectivity index (χ0v) is 11.0. The van der Waals surface area contributed by atoms with Crippen molar-refractivity contribution in [1.29, 1.82) is 5.26 Å². The largest absolute Gasteiger partial charge is 0.492 e. The molecule has 1 aromatic carbocycles. The van der Waals surface area contributed by atoms with Crippen molar-refractivity contribution < 1.29 is 9.53 Å². The van der Waals surface area contributed by atoms with Gasteiger partial charge in [-0.1, -0.05) is 19.1 Å². The van der Waals surface area contributed by atoms with Gasteiger partial charge >= 0.3 is 0 Å². The molecule has 0 aliphatic rings. The van der Waals surface area contributed by atoms with Gasteiger partial charge in [-0.15, -0.1) is 0 Å². The number of anilines is 1. The van der Waals surface area contributed by atoms with Crippen LogP contribution in [0.3, 0.4) is 0 Å². The van der Waals surface area contributed by atoms with Crippen molar-refractivity contribution in [2.75, 3.05) is 11.9 Å². The zero-order chi connectivity index (χ0) is 13.6. The predicted molar refractivity (Wildman–Crippen MR) is 70.3 cm³/mol. The van der Waals surface area contributed by atoms with Crippen LogP contribution in [0.5, 0.6) is 5.75 Å². The fraction of sp³-hybridized carbons (Fsp3) is 0.429. The first-order valence-electron chi connectivity index (χ1n) is 6.02. The number of carbonyl (C=O) groups is 1. The van der Waals surface area contributed by atoms with E-state index in [0.717, 1.165) is 0 Å². The van der Waals surface area contributed by atoms with E-state index >= 15 is 0 Å². The van der Waals surface area contributed by atoms with Crippen LogP contribution in [0.2, 0.25) is 0 Å². The highest BCUT2D eigenvalue weighted by atomic mass is 16.5. The molecule has 0 saturated carbocycles. The third-order valence-electron chi connectivity index (χ3n) is 2.89. The lowest BCUT2D eigenvalue weighted by Gasteiger charge is -2.19. The zero-order valence-electron chi connectivity index (χ0n) is 11.0. The quantitative estimate of drug-likeness (QED) is 0.868. The molecule has 1 rings (SSSR count). The van der Waals surface area contributed by atoms with Gasteiger partial charge < -0.3 is 10.1 Å². The molecule has 1 amide bonds. The maximum Gasteiger partial charge on any atom is 0.244 e. The molecule has 4 heteroatoms.